The summed E-state index contributed by atoms with van der Waals surface area (Å²) in [6.45, 7) is 1.25. The van der Waals surface area contributed by atoms with E-state index in [1.807, 2.05) is 0 Å². The summed E-state index contributed by atoms with van der Waals surface area (Å²) in [5.41, 5.74) is 2.11. The van der Waals surface area contributed by atoms with Crippen LogP contribution < -0.4 is 4.90 Å². The van der Waals surface area contributed by atoms with Crippen LogP contribution in [-0.2, 0) is 4.79 Å². The summed E-state index contributed by atoms with van der Waals surface area (Å²) in [5, 5.41) is 0. The van der Waals surface area contributed by atoms with Gasteiger partial charge in [-0.3, -0.25) is 4.79 Å². The molecule has 1 heterocycles. The third-order valence-corrected chi connectivity index (χ3v) is 5.69. The Hall–Kier alpha value is -2.42. The van der Waals surface area contributed by atoms with E-state index >= 15 is 0 Å². The first-order valence-corrected chi connectivity index (χ1v) is 9.62. The minimum Gasteiger partial charge on any atom is -0.368 e. The molecule has 0 aliphatic carbocycles. The fraction of sp³-hybridized carbons (Fsp3) is 0.632. The Labute approximate surface area is 189 Å². The van der Waals surface area contributed by atoms with Crippen LogP contribution >= 0.6 is 0 Å². The summed E-state index contributed by atoms with van der Waals surface area (Å²) in [6, 6.07) is 4.97. The third kappa shape index (κ3) is 4.26. The Bertz CT molecular complexity index is 951. The van der Waals surface area contributed by atoms with E-state index in [0.717, 1.165) is 11.1 Å². The lowest BCUT2D eigenvalue weighted by Gasteiger charge is -2.42. The first kappa shape index (κ1) is 28.8. The standard InChI is InChI=1S/C19H17F13N2O/c1-10-4-3-5-12(11(10)2)33-6-8-34(9-7-33)13(35)14(20,21)15(22,23)16(24,25)17(26,27)18(28,29)19(30,31)32/h3-5H,6-9H2,1-2H3. The summed E-state index contributed by atoms with van der Waals surface area (Å²) < 4.78 is 172. The van der Waals surface area contributed by atoms with Crippen molar-refractivity contribution in [1.82, 2.24) is 4.90 Å². The van der Waals surface area contributed by atoms with Crippen molar-refractivity contribution in [1.29, 1.82) is 0 Å². The van der Waals surface area contributed by atoms with E-state index in [2.05, 4.69) is 0 Å². The highest BCUT2D eigenvalue weighted by Crippen LogP contribution is 2.60. The van der Waals surface area contributed by atoms with Gasteiger partial charge in [-0.05, 0) is 31.0 Å². The molecule has 200 valence electrons. The lowest BCUT2D eigenvalue weighted by molar-refractivity contribution is -0.436. The molecule has 0 unspecified atom stereocenters. The quantitative estimate of drug-likeness (QED) is 0.437. The fourth-order valence-corrected chi connectivity index (χ4v) is 3.33. The van der Waals surface area contributed by atoms with Crippen LogP contribution in [0.4, 0.5) is 62.8 Å². The van der Waals surface area contributed by atoms with Crippen molar-refractivity contribution in [3.05, 3.63) is 29.3 Å². The van der Waals surface area contributed by atoms with Gasteiger partial charge in [0.1, 0.15) is 0 Å². The summed E-state index contributed by atoms with van der Waals surface area (Å²) in [4.78, 5) is 13.4. The topological polar surface area (TPSA) is 23.6 Å². The summed E-state index contributed by atoms with van der Waals surface area (Å²) in [5.74, 6) is -41.4. The van der Waals surface area contributed by atoms with Crippen molar-refractivity contribution < 1.29 is 61.9 Å². The molecule has 1 fully saturated rings. The van der Waals surface area contributed by atoms with Crippen molar-refractivity contribution in [2.45, 2.75) is 49.6 Å². The predicted octanol–water partition coefficient (Wildman–Crippen LogP) is 5.69. The first-order valence-electron chi connectivity index (χ1n) is 9.62. The number of nitrogens with zero attached hydrogens (tertiary/aromatic N) is 2. The van der Waals surface area contributed by atoms with Crippen LogP contribution in [0, 0.1) is 13.8 Å². The molecular formula is C19H17F13N2O. The van der Waals surface area contributed by atoms with Gasteiger partial charge in [0.05, 0.1) is 0 Å². The summed E-state index contributed by atoms with van der Waals surface area (Å²) in [7, 11) is 0. The van der Waals surface area contributed by atoms with Crippen molar-refractivity contribution in [3.63, 3.8) is 0 Å². The third-order valence-electron chi connectivity index (χ3n) is 5.69. The number of benzene rings is 1. The number of hydrogen-bond acceptors (Lipinski definition) is 2. The van der Waals surface area contributed by atoms with E-state index in [-0.39, 0.29) is 18.0 Å². The minimum atomic E-state index is -8.03. The highest BCUT2D eigenvalue weighted by atomic mass is 19.4. The maximum absolute atomic E-state index is 14.1. The van der Waals surface area contributed by atoms with E-state index < -0.39 is 54.8 Å². The van der Waals surface area contributed by atoms with E-state index in [4.69, 9.17) is 0 Å². The number of amides is 1. The van der Waals surface area contributed by atoms with Crippen LogP contribution in [0.2, 0.25) is 0 Å². The molecule has 1 saturated heterocycles. The molecule has 0 atom stereocenters. The monoisotopic (exact) mass is 536 g/mol. The maximum Gasteiger partial charge on any atom is 0.460 e. The Morgan fingerprint density at radius 2 is 1.14 bits per heavy atom. The average molecular weight is 536 g/mol. The SMILES string of the molecule is Cc1cccc(N2CCN(C(=O)C(F)(F)C(F)(F)C(F)(F)C(F)(F)C(F)(F)C(F)(F)F)CC2)c1C. The average Bonchev–Trinajstić information content (AvgIpc) is 2.74. The summed E-state index contributed by atoms with van der Waals surface area (Å²) in [6.07, 6.45) is -7.50. The molecule has 1 aromatic rings. The zero-order valence-corrected chi connectivity index (χ0v) is 17.8. The Morgan fingerprint density at radius 1 is 0.686 bits per heavy atom. The van der Waals surface area contributed by atoms with Gasteiger partial charge < -0.3 is 9.80 Å². The predicted molar refractivity (Wildman–Crippen MR) is 95.5 cm³/mol. The number of anilines is 1. The van der Waals surface area contributed by atoms with Gasteiger partial charge in [-0.25, -0.2) is 0 Å². The second kappa shape index (κ2) is 8.61. The Kier molecular flexibility index (Phi) is 7.08. The molecule has 16 heteroatoms. The van der Waals surface area contributed by atoms with Crippen LogP contribution in [0.15, 0.2) is 18.2 Å². The van der Waals surface area contributed by atoms with Gasteiger partial charge in [-0.1, -0.05) is 12.1 Å². The van der Waals surface area contributed by atoms with Crippen LogP contribution in [0.5, 0.6) is 0 Å². The molecule has 1 aliphatic rings. The molecule has 0 radical (unpaired) electrons. The molecule has 0 aromatic heterocycles. The molecule has 35 heavy (non-hydrogen) atoms. The molecule has 1 aromatic carbocycles. The van der Waals surface area contributed by atoms with Crippen molar-refractivity contribution in [2.75, 3.05) is 31.1 Å². The summed E-state index contributed by atoms with van der Waals surface area (Å²) >= 11 is 0. The highest BCUT2D eigenvalue weighted by molar-refractivity contribution is 5.85. The molecule has 1 aliphatic heterocycles. The normalized spacial score (nSPS) is 17.1. The lowest BCUT2D eigenvalue weighted by Crippen LogP contribution is -2.72. The largest absolute Gasteiger partial charge is 0.460 e. The number of halogens is 13. The lowest BCUT2D eigenvalue weighted by atomic mass is 9.93. The minimum absolute atomic E-state index is 0.0916. The molecule has 3 nitrogen and oxygen atoms in total. The van der Waals surface area contributed by atoms with Crippen LogP contribution in [0.25, 0.3) is 0 Å². The molecule has 1 amide bonds. The first-order chi connectivity index (χ1) is 15.6. The highest BCUT2D eigenvalue weighted by Gasteiger charge is 2.91. The van der Waals surface area contributed by atoms with Gasteiger partial charge in [-0.15, -0.1) is 0 Å². The van der Waals surface area contributed by atoms with Crippen molar-refractivity contribution in [2.24, 2.45) is 0 Å². The number of carbonyl (C=O) groups excluding carboxylic acids is 1. The number of hydrogen-bond donors (Lipinski definition) is 0. The van der Waals surface area contributed by atoms with Gasteiger partial charge in [0.2, 0.25) is 0 Å². The zero-order valence-electron chi connectivity index (χ0n) is 17.8. The molecule has 0 saturated carbocycles. The number of aryl methyl sites for hydroxylation is 1. The maximum atomic E-state index is 14.1. The van der Waals surface area contributed by atoms with Gasteiger partial charge in [0.25, 0.3) is 5.91 Å². The number of piperazine rings is 1. The van der Waals surface area contributed by atoms with Crippen LogP contribution in [0.1, 0.15) is 11.1 Å². The van der Waals surface area contributed by atoms with Crippen LogP contribution in [-0.4, -0.2) is 72.8 Å². The molecule has 0 N–H and O–H groups in total. The number of alkyl halides is 13. The number of rotatable bonds is 6. The molecule has 0 spiro atoms. The molecule has 0 bridgehead atoms. The fourth-order valence-electron chi connectivity index (χ4n) is 3.33. The number of carbonyl (C=O) groups is 1. The molecule has 2 rings (SSSR count). The zero-order chi connectivity index (χ0) is 27.4. The van der Waals surface area contributed by atoms with Crippen LogP contribution in [0.3, 0.4) is 0 Å². The van der Waals surface area contributed by atoms with Gasteiger partial charge in [0.15, 0.2) is 0 Å². The Balaban J connectivity index is 2.30. The van der Waals surface area contributed by atoms with Crippen molar-refractivity contribution >= 4 is 11.6 Å². The van der Waals surface area contributed by atoms with Gasteiger partial charge >= 0.3 is 35.8 Å². The van der Waals surface area contributed by atoms with E-state index in [1.165, 1.54) is 4.90 Å². The second-order valence-corrected chi connectivity index (χ2v) is 7.87. The van der Waals surface area contributed by atoms with Crippen molar-refractivity contribution in [3.8, 4) is 0 Å². The van der Waals surface area contributed by atoms with E-state index in [0.29, 0.717) is 5.69 Å². The second-order valence-electron chi connectivity index (χ2n) is 7.87. The van der Waals surface area contributed by atoms with E-state index in [1.54, 1.807) is 32.0 Å². The van der Waals surface area contributed by atoms with E-state index in [9.17, 15) is 61.9 Å². The van der Waals surface area contributed by atoms with Gasteiger partial charge in [0, 0.05) is 31.9 Å². The Morgan fingerprint density at radius 3 is 1.60 bits per heavy atom. The smallest absolute Gasteiger partial charge is 0.368 e. The van der Waals surface area contributed by atoms with Gasteiger partial charge in [-0.2, -0.15) is 57.1 Å². The molecular weight excluding hydrogens is 519 g/mol.